The minimum Gasteiger partial charge on any atom is -0.455 e. The number of allylic oxidation sites excluding steroid dienone is 2. The van der Waals surface area contributed by atoms with Crippen molar-refractivity contribution in [3.05, 3.63) is 70.0 Å². The summed E-state index contributed by atoms with van der Waals surface area (Å²) in [5.41, 5.74) is 6.20. The molecule has 0 radical (unpaired) electrons. The van der Waals surface area contributed by atoms with Gasteiger partial charge in [-0.3, -0.25) is 9.59 Å². The van der Waals surface area contributed by atoms with Gasteiger partial charge in [0.1, 0.15) is 11.5 Å². The van der Waals surface area contributed by atoms with Crippen LogP contribution in [0.15, 0.2) is 36.7 Å². The summed E-state index contributed by atoms with van der Waals surface area (Å²) >= 11 is 0. The summed E-state index contributed by atoms with van der Waals surface area (Å²) in [7, 11) is 7.60. The Balaban J connectivity index is 2.50. The maximum Gasteiger partial charge on any atom is 0.152 e. The lowest BCUT2D eigenvalue weighted by Gasteiger charge is -2.39. The zero-order valence-corrected chi connectivity index (χ0v) is 25.2. The molecule has 5 heteroatoms. The molecule has 0 fully saturated rings. The number of carbonyl (C=O) groups is 2. The molecule has 0 unspecified atom stereocenters. The van der Waals surface area contributed by atoms with Crippen molar-refractivity contribution in [2.75, 3.05) is 28.2 Å². The van der Waals surface area contributed by atoms with Crippen molar-refractivity contribution in [2.24, 2.45) is 0 Å². The van der Waals surface area contributed by atoms with E-state index >= 15 is 0 Å². The Hall–Kier alpha value is -3.34. The third-order valence-corrected chi connectivity index (χ3v) is 7.13. The molecule has 0 spiro atoms. The summed E-state index contributed by atoms with van der Waals surface area (Å²) in [5, 5.41) is 0. The molecule has 38 heavy (non-hydrogen) atoms. The van der Waals surface area contributed by atoms with Gasteiger partial charge in [-0.05, 0) is 34.1 Å². The summed E-state index contributed by atoms with van der Waals surface area (Å²) in [6.45, 7) is 17.5. The third kappa shape index (κ3) is 5.57. The summed E-state index contributed by atoms with van der Waals surface area (Å²) in [6, 6.07) is 8.59. The van der Waals surface area contributed by atoms with Gasteiger partial charge in [0.15, 0.2) is 12.6 Å². The van der Waals surface area contributed by atoms with Crippen LogP contribution in [0, 0.1) is 0 Å². The first-order valence-electron chi connectivity index (χ1n) is 13.1. The highest BCUT2D eigenvalue weighted by atomic mass is 16.5. The Labute approximate surface area is 229 Å². The largest absolute Gasteiger partial charge is 0.455 e. The van der Waals surface area contributed by atoms with Crippen LogP contribution in [0.5, 0.6) is 11.5 Å². The van der Waals surface area contributed by atoms with Crippen LogP contribution in [0.2, 0.25) is 0 Å². The van der Waals surface area contributed by atoms with Crippen molar-refractivity contribution in [1.29, 1.82) is 0 Å². The van der Waals surface area contributed by atoms with E-state index in [1.807, 2.05) is 50.4 Å². The van der Waals surface area contributed by atoms with Crippen LogP contribution in [0.3, 0.4) is 0 Å². The predicted octanol–water partition coefficient (Wildman–Crippen LogP) is 6.92. The standard InChI is InChI=1S/C33H44N2O3/c1-31(2,3)23-13-25(21(19-36)17-34(9)10)29-27(15-23)33(7,8)28-16-24(32(4,5)6)14-26(30(28)38-29)22(20-37)18-35(11)12/h13-20H,1-12H3/b21-17+,22-18+. The third-order valence-electron chi connectivity index (χ3n) is 7.13. The van der Waals surface area contributed by atoms with Gasteiger partial charge < -0.3 is 14.5 Å². The van der Waals surface area contributed by atoms with Gasteiger partial charge in [-0.25, -0.2) is 0 Å². The fourth-order valence-electron chi connectivity index (χ4n) is 4.83. The molecule has 2 aromatic carbocycles. The fraction of sp³-hybridized carbons (Fsp3) is 0.455. The molecule has 1 heterocycles. The van der Waals surface area contributed by atoms with Gasteiger partial charge in [0, 0.05) is 79.4 Å². The number of carbonyl (C=O) groups excluding carboxylic acids is 2. The second-order valence-corrected chi connectivity index (χ2v) is 13.4. The van der Waals surface area contributed by atoms with E-state index < -0.39 is 5.41 Å². The summed E-state index contributed by atoms with van der Waals surface area (Å²) < 4.78 is 6.80. The van der Waals surface area contributed by atoms with Crippen LogP contribution in [-0.4, -0.2) is 50.6 Å². The second kappa shape index (κ2) is 10.1. The number of fused-ring (bicyclic) bond motifs is 2. The number of rotatable bonds is 6. The van der Waals surface area contributed by atoms with Crippen LogP contribution in [0.25, 0.3) is 11.1 Å². The number of aldehydes is 2. The molecule has 0 N–H and O–H groups in total. The summed E-state index contributed by atoms with van der Waals surface area (Å²) in [4.78, 5) is 28.5. The number of benzene rings is 2. The van der Waals surface area contributed by atoms with Gasteiger partial charge in [-0.2, -0.15) is 0 Å². The maximum absolute atomic E-state index is 12.4. The molecule has 204 valence electrons. The first-order chi connectivity index (χ1) is 17.4. The van der Waals surface area contributed by atoms with Crippen LogP contribution in [-0.2, 0) is 25.8 Å². The summed E-state index contributed by atoms with van der Waals surface area (Å²) in [5.74, 6) is 1.33. The molecule has 0 saturated carbocycles. The van der Waals surface area contributed by atoms with E-state index in [0.717, 1.165) is 46.0 Å². The Bertz CT molecular complexity index is 1210. The highest BCUT2D eigenvalue weighted by Gasteiger charge is 2.40. The van der Waals surface area contributed by atoms with Crippen molar-refractivity contribution in [3.63, 3.8) is 0 Å². The normalized spacial score (nSPS) is 15.3. The summed E-state index contributed by atoms with van der Waals surface area (Å²) in [6.07, 6.45) is 5.43. The molecule has 3 rings (SSSR count). The average Bonchev–Trinajstić information content (AvgIpc) is 2.78. The molecule has 5 nitrogen and oxygen atoms in total. The Morgan fingerprint density at radius 2 is 1.03 bits per heavy atom. The van der Waals surface area contributed by atoms with E-state index in [1.54, 1.807) is 0 Å². The Morgan fingerprint density at radius 3 is 1.29 bits per heavy atom. The molecule has 0 bridgehead atoms. The van der Waals surface area contributed by atoms with Crippen molar-refractivity contribution in [1.82, 2.24) is 9.80 Å². The zero-order chi connectivity index (χ0) is 28.8. The Kier molecular flexibility index (Phi) is 7.76. The van der Waals surface area contributed by atoms with E-state index in [9.17, 15) is 9.59 Å². The Morgan fingerprint density at radius 1 is 0.684 bits per heavy atom. The van der Waals surface area contributed by atoms with Gasteiger partial charge in [0.05, 0.1) is 0 Å². The van der Waals surface area contributed by atoms with Crippen LogP contribution in [0.4, 0.5) is 0 Å². The number of hydrogen-bond acceptors (Lipinski definition) is 5. The fourth-order valence-corrected chi connectivity index (χ4v) is 4.83. The van der Waals surface area contributed by atoms with Crippen molar-refractivity contribution in [3.8, 4) is 11.5 Å². The smallest absolute Gasteiger partial charge is 0.152 e. The van der Waals surface area contributed by atoms with Gasteiger partial charge in [-0.15, -0.1) is 0 Å². The lowest BCUT2D eigenvalue weighted by molar-refractivity contribution is -0.104. The molecule has 0 aliphatic carbocycles. The van der Waals surface area contributed by atoms with Gasteiger partial charge in [-0.1, -0.05) is 67.5 Å². The lowest BCUT2D eigenvalue weighted by Crippen LogP contribution is -2.28. The maximum atomic E-state index is 12.4. The molecule has 1 aliphatic rings. The van der Waals surface area contributed by atoms with Crippen LogP contribution < -0.4 is 4.74 Å². The van der Waals surface area contributed by atoms with Crippen LogP contribution in [0.1, 0.15) is 88.8 Å². The van der Waals surface area contributed by atoms with Crippen molar-refractivity contribution >= 4 is 23.7 Å². The molecular weight excluding hydrogens is 472 g/mol. The molecule has 0 atom stereocenters. The highest BCUT2D eigenvalue weighted by Crippen LogP contribution is 2.54. The molecular formula is C33H44N2O3. The van der Waals surface area contributed by atoms with Gasteiger partial charge >= 0.3 is 0 Å². The number of ether oxygens (including phenoxy) is 1. The predicted molar refractivity (Wildman–Crippen MR) is 158 cm³/mol. The van der Waals surface area contributed by atoms with E-state index in [4.69, 9.17) is 4.74 Å². The molecule has 0 aromatic heterocycles. The minimum atomic E-state index is -0.451. The van der Waals surface area contributed by atoms with Crippen LogP contribution >= 0.6 is 0 Å². The zero-order valence-electron chi connectivity index (χ0n) is 25.2. The first-order valence-corrected chi connectivity index (χ1v) is 13.1. The first kappa shape index (κ1) is 29.2. The van der Waals surface area contributed by atoms with Crippen molar-refractivity contribution in [2.45, 2.75) is 71.6 Å². The van der Waals surface area contributed by atoms with E-state index in [2.05, 4.69) is 79.7 Å². The monoisotopic (exact) mass is 516 g/mol. The molecule has 0 saturated heterocycles. The quantitative estimate of drug-likeness (QED) is 0.308. The topological polar surface area (TPSA) is 49.9 Å². The lowest BCUT2D eigenvalue weighted by atomic mass is 9.70. The number of nitrogens with zero attached hydrogens (tertiary/aromatic N) is 2. The average molecular weight is 517 g/mol. The molecule has 0 amide bonds. The second-order valence-electron chi connectivity index (χ2n) is 13.4. The molecule has 2 aromatic rings. The van der Waals surface area contributed by atoms with Crippen molar-refractivity contribution < 1.29 is 14.3 Å². The van der Waals surface area contributed by atoms with Gasteiger partial charge in [0.25, 0.3) is 0 Å². The van der Waals surface area contributed by atoms with Gasteiger partial charge in [0.2, 0.25) is 0 Å². The number of hydrogen-bond donors (Lipinski definition) is 0. The highest BCUT2D eigenvalue weighted by molar-refractivity contribution is 6.09. The molecule has 1 aliphatic heterocycles. The van der Waals surface area contributed by atoms with E-state index in [0.29, 0.717) is 22.6 Å². The SMILES string of the molecule is CN(C)/C=C(\C=O)c1cc(C(C)(C)C)cc2c1Oc1c(/C(C=O)=C/N(C)C)cc(C(C)(C)C)cc1C2(C)C. The van der Waals surface area contributed by atoms with E-state index in [-0.39, 0.29) is 10.8 Å². The van der Waals surface area contributed by atoms with E-state index in [1.165, 1.54) is 0 Å². The minimum absolute atomic E-state index is 0.135.